The van der Waals surface area contributed by atoms with Gasteiger partial charge < -0.3 is 5.32 Å². The number of aromatic amines is 2. The second-order valence-corrected chi connectivity index (χ2v) is 5.47. The minimum absolute atomic E-state index is 0.116. The van der Waals surface area contributed by atoms with Crippen LogP contribution in [0.1, 0.15) is 4.88 Å². The van der Waals surface area contributed by atoms with Crippen LogP contribution in [0, 0.1) is 0 Å². The predicted molar refractivity (Wildman–Crippen MR) is 73.4 cm³/mol. The Morgan fingerprint density at radius 2 is 2.28 bits per heavy atom. The molecule has 0 aliphatic carbocycles. The lowest BCUT2D eigenvalue weighted by Crippen LogP contribution is -2.00. The van der Waals surface area contributed by atoms with Crippen LogP contribution in [0.25, 0.3) is 10.9 Å². The van der Waals surface area contributed by atoms with Gasteiger partial charge in [0.2, 0.25) is 0 Å². The molecule has 0 bridgehead atoms. The standard InChI is InChI=1S/C11H9ClN4OS/c12-11-14-5-7(18-11)4-13-6-1-2-9-8(3-6)10(17)16-15-9/h1-3,5,13H,4H2,(H2,15,16,17). The lowest BCUT2D eigenvalue weighted by atomic mass is 10.2. The molecule has 0 spiro atoms. The van der Waals surface area contributed by atoms with E-state index >= 15 is 0 Å². The molecule has 0 unspecified atom stereocenters. The molecule has 0 amide bonds. The molecule has 0 aliphatic heterocycles. The van der Waals surface area contributed by atoms with Crippen LogP contribution in [0.5, 0.6) is 0 Å². The predicted octanol–water partition coefficient (Wildman–Crippen LogP) is 2.58. The minimum Gasteiger partial charge on any atom is -0.380 e. The van der Waals surface area contributed by atoms with Crippen molar-refractivity contribution in [1.29, 1.82) is 0 Å². The van der Waals surface area contributed by atoms with Crippen LogP contribution in [0.4, 0.5) is 5.69 Å². The van der Waals surface area contributed by atoms with Crippen molar-refractivity contribution < 1.29 is 0 Å². The first-order valence-electron chi connectivity index (χ1n) is 5.27. The average Bonchev–Trinajstić information content (AvgIpc) is 2.94. The van der Waals surface area contributed by atoms with Gasteiger partial charge in [-0.3, -0.25) is 15.0 Å². The smallest absolute Gasteiger partial charge is 0.271 e. The largest absolute Gasteiger partial charge is 0.380 e. The molecule has 0 atom stereocenters. The van der Waals surface area contributed by atoms with Gasteiger partial charge in [-0.25, -0.2) is 4.98 Å². The highest BCUT2D eigenvalue weighted by molar-refractivity contribution is 7.15. The second-order valence-electron chi connectivity index (χ2n) is 3.77. The zero-order valence-electron chi connectivity index (χ0n) is 9.16. The summed E-state index contributed by atoms with van der Waals surface area (Å²) < 4.78 is 0.532. The molecule has 3 N–H and O–H groups in total. The fourth-order valence-corrected chi connectivity index (χ4v) is 2.61. The van der Waals surface area contributed by atoms with Crippen molar-refractivity contribution in [3.05, 3.63) is 44.1 Å². The number of rotatable bonds is 3. The Bertz CT molecular complexity index is 745. The fraction of sp³-hybridized carbons (Fsp3) is 0.0909. The SMILES string of the molecule is O=c1[nH][nH]c2ccc(NCc3cnc(Cl)s3)cc12. The summed E-state index contributed by atoms with van der Waals surface area (Å²) in [7, 11) is 0. The first-order valence-corrected chi connectivity index (χ1v) is 6.46. The Hall–Kier alpha value is -1.79. The number of H-pyrrole nitrogens is 2. The van der Waals surface area contributed by atoms with Gasteiger partial charge in [0.15, 0.2) is 4.47 Å². The summed E-state index contributed by atoms with van der Waals surface area (Å²) in [6.07, 6.45) is 1.74. The number of hydrogen-bond acceptors (Lipinski definition) is 4. The van der Waals surface area contributed by atoms with Gasteiger partial charge in [-0.2, -0.15) is 0 Å². The summed E-state index contributed by atoms with van der Waals surface area (Å²) in [6, 6.07) is 5.58. The van der Waals surface area contributed by atoms with Crippen LogP contribution in [0.2, 0.25) is 4.47 Å². The molecule has 0 fully saturated rings. The monoisotopic (exact) mass is 280 g/mol. The van der Waals surface area contributed by atoms with Gasteiger partial charge >= 0.3 is 0 Å². The van der Waals surface area contributed by atoms with Gasteiger partial charge in [0.25, 0.3) is 5.56 Å². The number of aromatic nitrogens is 3. The number of anilines is 1. The van der Waals surface area contributed by atoms with Crippen molar-refractivity contribution in [2.75, 3.05) is 5.32 Å². The first kappa shape index (κ1) is 11.3. The summed E-state index contributed by atoms with van der Waals surface area (Å²) in [4.78, 5) is 16.5. The third-order valence-electron chi connectivity index (χ3n) is 2.57. The van der Waals surface area contributed by atoms with Crippen molar-refractivity contribution in [3.8, 4) is 0 Å². The maximum Gasteiger partial charge on any atom is 0.271 e. The third-order valence-corrected chi connectivity index (χ3v) is 3.68. The van der Waals surface area contributed by atoms with Gasteiger partial charge in [-0.1, -0.05) is 11.6 Å². The molecule has 0 saturated heterocycles. The van der Waals surface area contributed by atoms with E-state index in [4.69, 9.17) is 11.6 Å². The van der Waals surface area contributed by atoms with E-state index in [1.807, 2.05) is 18.2 Å². The number of thiazole rings is 1. The molecule has 92 valence electrons. The van der Waals surface area contributed by atoms with Crippen LogP contribution < -0.4 is 10.9 Å². The molecule has 2 heterocycles. The molecule has 0 saturated carbocycles. The van der Waals surface area contributed by atoms with Crippen LogP contribution in [-0.2, 0) is 6.54 Å². The van der Waals surface area contributed by atoms with Gasteiger partial charge in [-0.15, -0.1) is 11.3 Å². The highest BCUT2D eigenvalue weighted by atomic mass is 35.5. The van der Waals surface area contributed by atoms with Gasteiger partial charge in [0.05, 0.1) is 17.4 Å². The van der Waals surface area contributed by atoms with E-state index in [1.165, 1.54) is 11.3 Å². The summed E-state index contributed by atoms with van der Waals surface area (Å²) in [6.45, 7) is 0.637. The number of benzene rings is 1. The number of hydrogen-bond donors (Lipinski definition) is 3. The molecule has 5 nitrogen and oxygen atoms in total. The van der Waals surface area contributed by atoms with E-state index in [0.29, 0.717) is 16.4 Å². The quantitative estimate of drug-likeness (QED) is 0.690. The molecule has 2 aromatic heterocycles. The van der Waals surface area contributed by atoms with E-state index in [2.05, 4.69) is 20.5 Å². The lowest BCUT2D eigenvalue weighted by molar-refractivity contribution is 1.08. The van der Waals surface area contributed by atoms with E-state index in [9.17, 15) is 4.79 Å². The molecule has 0 radical (unpaired) electrons. The third kappa shape index (κ3) is 2.12. The average molecular weight is 281 g/mol. The number of nitrogens with zero attached hydrogens (tertiary/aromatic N) is 1. The maximum absolute atomic E-state index is 11.5. The minimum atomic E-state index is -0.116. The van der Waals surface area contributed by atoms with E-state index < -0.39 is 0 Å². The molecule has 3 rings (SSSR count). The van der Waals surface area contributed by atoms with Gasteiger partial charge in [0, 0.05) is 16.8 Å². The molecular formula is C11H9ClN4OS. The van der Waals surface area contributed by atoms with Crippen LogP contribution in [0.3, 0.4) is 0 Å². The second kappa shape index (κ2) is 4.47. The first-order chi connectivity index (χ1) is 8.72. The van der Waals surface area contributed by atoms with Crippen LogP contribution >= 0.6 is 22.9 Å². The van der Waals surface area contributed by atoms with Crippen LogP contribution in [0.15, 0.2) is 29.2 Å². The molecule has 3 aromatic rings. The molecule has 0 aliphatic rings. The van der Waals surface area contributed by atoms with E-state index in [1.54, 1.807) is 6.20 Å². The Kier molecular flexibility index (Phi) is 2.81. The Balaban J connectivity index is 1.82. The Labute approximate surface area is 111 Å². The van der Waals surface area contributed by atoms with E-state index in [0.717, 1.165) is 16.1 Å². The summed E-state index contributed by atoms with van der Waals surface area (Å²) >= 11 is 7.19. The van der Waals surface area contributed by atoms with Crippen molar-refractivity contribution in [3.63, 3.8) is 0 Å². The Morgan fingerprint density at radius 1 is 1.39 bits per heavy atom. The molecular weight excluding hydrogens is 272 g/mol. The fourth-order valence-electron chi connectivity index (χ4n) is 1.70. The molecule has 18 heavy (non-hydrogen) atoms. The molecule has 7 heteroatoms. The van der Waals surface area contributed by atoms with Crippen molar-refractivity contribution >= 4 is 39.5 Å². The van der Waals surface area contributed by atoms with Gasteiger partial charge in [-0.05, 0) is 18.2 Å². The molecule has 1 aromatic carbocycles. The van der Waals surface area contributed by atoms with Crippen molar-refractivity contribution in [2.45, 2.75) is 6.54 Å². The summed E-state index contributed by atoms with van der Waals surface area (Å²) in [5.41, 5.74) is 1.57. The summed E-state index contributed by atoms with van der Waals surface area (Å²) in [5, 5.41) is 9.22. The zero-order valence-corrected chi connectivity index (χ0v) is 10.7. The van der Waals surface area contributed by atoms with Gasteiger partial charge in [0.1, 0.15) is 0 Å². The highest BCUT2D eigenvalue weighted by Gasteiger charge is 2.03. The topological polar surface area (TPSA) is 73.6 Å². The number of nitrogens with one attached hydrogen (secondary N) is 3. The number of fused-ring (bicyclic) bond motifs is 1. The van der Waals surface area contributed by atoms with Crippen molar-refractivity contribution in [2.24, 2.45) is 0 Å². The number of halogens is 1. The Morgan fingerprint density at radius 3 is 3.06 bits per heavy atom. The summed E-state index contributed by atoms with van der Waals surface area (Å²) in [5.74, 6) is 0. The zero-order chi connectivity index (χ0) is 12.5. The normalized spacial score (nSPS) is 10.9. The highest BCUT2D eigenvalue weighted by Crippen LogP contribution is 2.20. The van der Waals surface area contributed by atoms with E-state index in [-0.39, 0.29) is 5.56 Å². The van der Waals surface area contributed by atoms with Crippen molar-refractivity contribution in [1.82, 2.24) is 15.2 Å². The lowest BCUT2D eigenvalue weighted by Gasteiger charge is -2.03. The van der Waals surface area contributed by atoms with Crippen LogP contribution in [-0.4, -0.2) is 15.2 Å². The maximum atomic E-state index is 11.5.